The Morgan fingerprint density at radius 1 is 1.14 bits per heavy atom. The maximum atomic E-state index is 12.8. The highest BCUT2D eigenvalue weighted by Gasteiger charge is 2.55. The molecular formula is C16H24N4O. The van der Waals surface area contributed by atoms with Crippen LogP contribution >= 0.6 is 0 Å². The van der Waals surface area contributed by atoms with E-state index in [1.54, 1.807) is 6.20 Å². The Labute approximate surface area is 125 Å². The van der Waals surface area contributed by atoms with E-state index in [4.69, 9.17) is 0 Å². The molecule has 0 bridgehead atoms. The van der Waals surface area contributed by atoms with Crippen LogP contribution in [0.2, 0.25) is 0 Å². The average Bonchev–Trinajstić information content (AvgIpc) is 3.03. The van der Waals surface area contributed by atoms with Crippen molar-refractivity contribution in [1.82, 2.24) is 19.9 Å². The van der Waals surface area contributed by atoms with Gasteiger partial charge in [0, 0.05) is 31.7 Å². The number of hydrogen-bond donors (Lipinski definition) is 0. The first-order chi connectivity index (χ1) is 10.3. The molecule has 5 nitrogen and oxygen atoms in total. The van der Waals surface area contributed by atoms with Crippen LogP contribution in [0.1, 0.15) is 38.5 Å². The summed E-state index contributed by atoms with van der Waals surface area (Å²) in [6, 6.07) is 0. The molecule has 5 heteroatoms. The maximum Gasteiger partial charge on any atom is 0.226 e. The van der Waals surface area contributed by atoms with E-state index in [-0.39, 0.29) is 0 Å². The number of amides is 1. The van der Waals surface area contributed by atoms with Crippen molar-refractivity contribution in [3.8, 4) is 0 Å². The number of carbonyl (C=O) groups excluding carboxylic acids is 1. The summed E-state index contributed by atoms with van der Waals surface area (Å²) >= 11 is 0. The van der Waals surface area contributed by atoms with Gasteiger partial charge in [0.1, 0.15) is 0 Å². The fraction of sp³-hybridized carbons (Fsp3) is 0.812. The first-order valence-electron chi connectivity index (χ1n) is 8.46. The van der Waals surface area contributed by atoms with Crippen LogP contribution in [0.4, 0.5) is 0 Å². The monoisotopic (exact) mass is 288 g/mol. The van der Waals surface area contributed by atoms with Crippen LogP contribution in [0.3, 0.4) is 0 Å². The Morgan fingerprint density at radius 2 is 1.95 bits per heavy atom. The fourth-order valence-electron chi connectivity index (χ4n) is 4.58. The van der Waals surface area contributed by atoms with Crippen LogP contribution in [0.15, 0.2) is 12.4 Å². The van der Waals surface area contributed by atoms with Gasteiger partial charge in [-0.15, -0.1) is 5.10 Å². The normalized spacial score (nSPS) is 35.3. The molecule has 1 aromatic heterocycles. The highest BCUT2D eigenvalue weighted by atomic mass is 16.2. The third-order valence-electron chi connectivity index (χ3n) is 5.69. The van der Waals surface area contributed by atoms with Gasteiger partial charge in [0.25, 0.3) is 0 Å². The SMILES string of the molecule is O=C(C1C2CCCCC21)N1CCCC(Cn2ccnn2)C1. The number of hydrogen-bond acceptors (Lipinski definition) is 3. The molecule has 1 aromatic rings. The Balaban J connectivity index is 1.36. The van der Waals surface area contributed by atoms with Gasteiger partial charge >= 0.3 is 0 Å². The lowest BCUT2D eigenvalue weighted by Gasteiger charge is -2.33. The molecule has 1 saturated heterocycles. The molecule has 2 heterocycles. The van der Waals surface area contributed by atoms with Gasteiger partial charge in [0.15, 0.2) is 0 Å². The van der Waals surface area contributed by atoms with Crippen molar-refractivity contribution < 1.29 is 4.79 Å². The largest absolute Gasteiger partial charge is 0.342 e. The zero-order valence-corrected chi connectivity index (χ0v) is 12.5. The van der Waals surface area contributed by atoms with Crippen molar-refractivity contribution in [3.05, 3.63) is 12.4 Å². The summed E-state index contributed by atoms with van der Waals surface area (Å²) in [6.45, 7) is 2.76. The second kappa shape index (κ2) is 5.43. The van der Waals surface area contributed by atoms with Gasteiger partial charge in [-0.2, -0.15) is 0 Å². The van der Waals surface area contributed by atoms with Gasteiger partial charge in [-0.25, -0.2) is 0 Å². The van der Waals surface area contributed by atoms with E-state index in [0.717, 1.165) is 37.9 Å². The third-order valence-corrected chi connectivity index (χ3v) is 5.69. The van der Waals surface area contributed by atoms with Crippen molar-refractivity contribution in [2.45, 2.75) is 45.1 Å². The predicted octanol–water partition coefficient (Wildman–Crippen LogP) is 1.95. The first kappa shape index (κ1) is 13.3. The number of nitrogens with zero attached hydrogens (tertiary/aromatic N) is 4. The van der Waals surface area contributed by atoms with Gasteiger partial charge in [0.2, 0.25) is 5.91 Å². The molecule has 2 aliphatic carbocycles. The second-order valence-electron chi connectivity index (χ2n) is 7.06. The van der Waals surface area contributed by atoms with Crippen molar-refractivity contribution in [2.24, 2.45) is 23.7 Å². The maximum absolute atomic E-state index is 12.8. The molecule has 1 amide bonds. The van der Waals surface area contributed by atoms with Gasteiger partial charge in [-0.3, -0.25) is 9.48 Å². The van der Waals surface area contributed by atoms with Crippen LogP contribution in [0.5, 0.6) is 0 Å². The number of fused-ring (bicyclic) bond motifs is 1. The van der Waals surface area contributed by atoms with Crippen LogP contribution < -0.4 is 0 Å². The van der Waals surface area contributed by atoms with E-state index < -0.39 is 0 Å². The molecule has 1 aliphatic heterocycles. The number of rotatable bonds is 3. The molecule has 3 aliphatic rings. The summed E-state index contributed by atoms with van der Waals surface area (Å²) in [5.74, 6) is 2.81. The Hall–Kier alpha value is -1.39. The standard InChI is InChI=1S/C16H24N4O/c21-16(15-13-5-1-2-6-14(13)15)19-8-3-4-12(10-19)11-20-9-7-17-18-20/h7,9,12-15H,1-6,8,10-11H2. The lowest BCUT2D eigenvalue weighted by Crippen LogP contribution is -2.42. The number of aromatic nitrogens is 3. The molecule has 0 radical (unpaired) electrons. The second-order valence-corrected chi connectivity index (χ2v) is 7.06. The lowest BCUT2D eigenvalue weighted by atomic mass is 9.97. The molecule has 0 spiro atoms. The third kappa shape index (κ3) is 2.58. The summed E-state index contributed by atoms with van der Waals surface area (Å²) < 4.78 is 1.90. The summed E-state index contributed by atoms with van der Waals surface area (Å²) in [5, 5.41) is 7.91. The first-order valence-corrected chi connectivity index (χ1v) is 8.46. The zero-order chi connectivity index (χ0) is 14.2. The molecule has 0 N–H and O–H groups in total. The van der Waals surface area contributed by atoms with E-state index >= 15 is 0 Å². The summed E-state index contributed by atoms with van der Waals surface area (Å²) in [4.78, 5) is 14.9. The van der Waals surface area contributed by atoms with Gasteiger partial charge in [0.05, 0.1) is 6.20 Å². The molecule has 3 unspecified atom stereocenters. The van der Waals surface area contributed by atoms with Gasteiger partial charge in [-0.1, -0.05) is 18.1 Å². The zero-order valence-electron chi connectivity index (χ0n) is 12.5. The molecule has 21 heavy (non-hydrogen) atoms. The van der Waals surface area contributed by atoms with Crippen LogP contribution in [0, 0.1) is 23.7 Å². The summed E-state index contributed by atoms with van der Waals surface area (Å²) in [5.41, 5.74) is 0. The van der Waals surface area contributed by atoms with E-state index in [9.17, 15) is 4.79 Å². The van der Waals surface area contributed by atoms with Crippen molar-refractivity contribution in [1.29, 1.82) is 0 Å². The van der Waals surface area contributed by atoms with Crippen molar-refractivity contribution in [3.63, 3.8) is 0 Å². The number of likely N-dealkylation sites (tertiary alicyclic amines) is 1. The van der Waals surface area contributed by atoms with Gasteiger partial charge < -0.3 is 4.90 Å². The Kier molecular flexibility index (Phi) is 3.43. The quantitative estimate of drug-likeness (QED) is 0.854. The topological polar surface area (TPSA) is 51.0 Å². The molecule has 2 saturated carbocycles. The lowest BCUT2D eigenvalue weighted by molar-refractivity contribution is -0.135. The van der Waals surface area contributed by atoms with E-state index in [2.05, 4.69) is 15.2 Å². The van der Waals surface area contributed by atoms with Crippen LogP contribution in [-0.2, 0) is 11.3 Å². The minimum atomic E-state index is 0.373. The van der Waals surface area contributed by atoms with Crippen molar-refractivity contribution >= 4 is 5.91 Å². The predicted molar refractivity (Wildman–Crippen MR) is 78.3 cm³/mol. The summed E-state index contributed by atoms with van der Waals surface area (Å²) in [7, 11) is 0. The van der Waals surface area contributed by atoms with E-state index in [1.165, 1.54) is 32.1 Å². The highest BCUT2D eigenvalue weighted by Crippen LogP contribution is 2.56. The van der Waals surface area contributed by atoms with E-state index in [1.807, 2.05) is 10.9 Å². The molecule has 114 valence electrons. The Morgan fingerprint density at radius 3 is 2.67 bits per heavy atom. The molecule has 4 rings (SSSR count). The summed E-state index contributed by atoms with van der Waals surface area (Å²) in [6.07, 6.45) is 11.2. The van der Waals surface area contributed by atoms with Crippen LogP contribution in [0.25, 0.3) is 0 Å². The molecular weight excluding hydrogens is 264 g/mol. The van der Waals surface area contributed by atoms with E-state index in [0.29, 0.717) is 17.7 Å². The number of carbonyl (C=O) groups is 1. The van der Waals surface area contributed by atoms with Crippen molar-refractivity contribution in [2.75, 3.05) is 13.1 Å². The fourth-order valence-corrected chi connectivity index (χ4v) is 4.58. The minimum Gasteiger partial charge on any atom is -0.342 e. The highest BCUT2D eigenvalue weighted by molar-refractivity contribution is 5.82. The van der Waals surface area contributed by atoms with Crippen LogP contribution in [-0.4, -0.2) is 38.9 Å². The molecule has 3 fully saturated rings. The Bertz CT molecular complexity index is 488. The number of piperidine rings is 1. The minimum absolute atomic E-state index is 0.373. The average molecular weight is 288 g/mol. The molecule has 0 aromatic carbocycles. The smallest absolute Gasteiger partial charge is 0.226 e. The van der Waals surface area contributed by atoms with Gasteiger partial charge in [-0.05, 0) is 43.4 Å². The molecule has 3 atom stereocenters.